The van der Waals surface area contributed by atoms with E-state index in [-0.39, 0.29) is 18.2 Å². The third-order valence-electron chi connectivity index (χ3n) is 7.11. The molecule has 5 aromatic rings. The number of fused-ring (bicyclic) bond motifs is 1. The highest BCUT2D eigenvalue weighted by Crippen LogP contribution is 2.32. The van der Waals surface area contributed by atoms with Gasteiger partial charge in [0.2, 0.25) is 6.17 Å². The number of aliphatic imine (C=N–C) groups is 1. The summed E-state index contributed by atoms with van der Waals surface area (Å²) >= 11 is 6.46. The molecule has 1 unspecified atom stereocenters. The van der Waals surface area contributed by atoms with E-state index in [1.807, 2.05) is 48.5 Å². The van der Waals surface area contributed by atoms with Gasteiger partial charge in [-0.25, -0.2) is 4.99 Å². The molecule has 0 aromatic heterocycles. The molecule has 0 spiro atoms. The average Bonchev–Trinajstić information content (AvgIpc) is 3.13. The number of aromatic hydroxyl groups is 1. The van der Waals surface area contributed by atoms with Crippen molar-refractivity contribution in [3.05, 3.63) is 155 Å². The molecule has 1 heterocycles. The zero-order valence-corrected chi connectivity index (χ0v) is 23.2. The van der Waals surface area contributed by atoms with Crippen LogP contribution in [0.4, 0.5) is 5.69 Å². The second kappa shape index (κ2) is 11.7. The largest absolute Gasteiger partial charge is 0.508 e. The minimum absolute atomic E-state index is 0.102. The van der Waals surface area contributed by atoms with Gasteiger partial charge < -0.3 is 15.3 Å². The second-order valence-electron chi connectivity index (χ2n) is 9.92. The molecule has 0 fully saturated rings. The van der Waals surface area contributed by atoms with E-state index in [9.17, 15) is 14.7 Å². The molecule has 7 heteroatoms. The number of anilines is 1. The number of nitrogens with one attached hydrogen (secondary N) is 1. The lowest BCUT2D eigenvalue weighted by molar-refractivity contribution is -0.120. The Labute approximate surface area is 248 Å². The summed E-state index contributed by atoms with van der Waals surface area (Å²) in [4.78, 5) is 33.9. The van der Waals surface area contributed by atoms with Crippen LogP contribution in [-0.2, 0) is 11.3 Å². The Hall–Kier alpha value is -5.20. The Morgan fingerprint density at radius 2 is 1.40 bits per heavy atom. The smallest absolute Gasteiger partial charge is 0.272 e. The molecule has 0 radical (unpaired) electrons. The van der Waals surface area contributed by atoms with Gasteiger partial charge in [0.05, 0.1) is 17.9 Å². The van der Waals surface area contributed by atoms with Gasteiger partial charge in [0, 0.05) is 21.7 Å². The number of hydrogen-bond donors (Lipinski definition) is 2. The van der Waals surface area contributed by atoms with Crippen molar-refractivity contribution in [2.75, 3.05) is 4.90 Å². The summed E-state index contributed by atoms with van der Waals surface area (Å²) < 4.78 is 0. The molecule has 0 saturated carbocycles. The summed E-state index contributed by atoms with van der Waals surface area (Å²) in [5.41, 5.74) is 5.88. The van der Waals surface area contributed by atoms with Crippen molar-refractivity contribution < 1.29 is 14.7 Å². The molecule has 0 bridgehead atoms. The van der Waals surface area contributed by atoms with Crippen molar-refractivity contribution >= 4 is 34.8 Å². The predicted octanol–water partition coefficient (Wildman–Crippen LogP) is 6.85. The first kappa shape index (κ1) is 27.0. The van der Waals surface area contributed by atoms with Crippen molar-refractivity contribution in [3.63, 3.8) is 0 Å². The zero-order chi connectivity index (χ0) is 29.1. The average molecular weight is 572 g/mol. The number of amides is 2. The minimum atomic E-state index is -1.21. The van der Waals surface area contributed by atoms with Gasteiger partial charge in [0.15, 0.2) is 0 Å². The molecular formula is C35H26ClN3O3. The Kier molecular flexibility index (Phi) is 7.54. The highest BCUT2D eigenvalue weighted by Gasteiger charge is 2.33. The van der Waals surface area contributed by atoms with Gasteiger partial charge in [-0.15, -0.1) is 0 Å². The Morgan fingerprint density at radius 3 is 2.10 bits per heavy atom. The van der Waals surface area contributed by atoms with E-state index in [1.54, 1.807) is 71.6 Å². The first-order valence-electron chi connectivity index (χ1n) is 13.4. The summed E-state index contributed by atoms with van der Waals surface area (Å²) in [5, 5.41) is 13.2. The Balaban J connectivity index is 1.42. The number of benzene rings is 5. The van der Waals surface area contributed by atoms with E-state index in [1.165, 1.54) is 0 Å². The number of nitrogens with zero attached hydrogens (tertiary/aromatic N) is 2. The summed E-state index contributed by atoms with van der Waals surface area (Å²) in [6.45, 7) is 0.249. The lowest BCUT2D eigenvalue weighted by Gasteiger charge is -2.26. The molecule has 6 rings (SSSR count). The lowest BCUT2D eigenvalue weighted by atomic mass is 9.99. The molecule has 1 aliphatic rings. The molecule has 0 saturated heterocycles. The molecule has 0 aliphatic carbocycles. The fourth-order valence-electron chi connectivity index (χ4n) is 4.97. The number of carbonyl (C=O) groups excluding carboxylic acids is 2. The van der Waals surface area contributed by atoms with Crippen LogP contribution in [0.1, 0.15) is 27.0 Å². The molecule has 42 heavy (non-hydrogen) atoms. The number of hydrogen-bond acceptors (Lipinski definition) is 4. The number of phenolic OH excluding ortho intramolecular Hbond substituents is 1. The van der Waals surface area contributed by atoms with Crippen LogP contribution in [0.15, 0.2) is 132 Å². The SMILES string of the molecule is O=C(NC1N=C(c2ccc(O)cc2)c2cc(Cl)ccc2N(Cc2ccc(-c3ccccc3)cc2)C1=O)c1ccccc1. The first-order valence-corrected chi connectivity index (χ1v) is 13.8. The quantitative estimate of drug-likeness (QED) is 0.234. The fraction of sp³-hybridized carbons (Fsp3) is 0.0571. The van der Waals surface area contributed by atoms with Crippen molar-refractivity contribution in [1.82, 2.24) is 5.32 Å². The molecule has 206 valence electrons. The number of halogens is 1. The molecule has 5 aromatic carbocycles. The van der Waals surface area contributed by atoms with Crippen LogP contribution in [0.5, 0.6) is 5.75 Å². The van der Waals surface area contributed by atoms with Gasteiger partial charge in [0.25, 0.3) is 11.8 Å². The van der Waals surface area contributed by atoms with Gasteiger partial charge >= 0.3 is 0 Å². The zero-order valence-electron chi connectivity index (χ0n) is 22.4. The monoisotopic (exact) mass is 571 g/mol. The van der Waals surface area contributed by atoms with E-state index in [0.717, 1.165) is 16.7 Å². The highest BCUT2D eigenvalue weighted by molar-refractivity contribution is 6.32. The van der Waals surface area contributed by atoms with Crippen LogP contribution in [0.3, 0.4) is 0 Å². The van der Waals surface area contributed by atoms with Crippen LogP contribution in [0.25, 0.3) is 11.1 Å². The molecule has 1 atom stereocenters. The molecule has 2 amide bonds. The van der Waals surface area contributed by atoms with Gasteiger partial charge in [-0.2, -0.15) is 0 Å². The molecule has 1 aliphatic heterocycles. The van der Waals surface area contributed by atoms with Crippen molar-refractivity contribution in [1.29, 1.82) is 0 Å². The lowest BCUT2D eigenvalue weighted by Crippen LogP contribution is -2.47. The van der Waals surface area contributed by atoms with Crippen molar-refractivity contribution in [2.45, 2.75) is 12.7 Å². The standard InChI is InChI=1S/C35H26ClN3O3/c36-28-17-20-31-30(21-28)32(26-15-18-29(40)19-16-26)37-33(38-34(41)27-9-5-2-6-10-27)35(42)39(31)22-23-11-13-25(14-12-23)24-7-3-1-4-8-24/h1-21,33,40H,22H2,(H,38,41). The van der Waals surface area contributed by atoms with Crippen LogP contribution in [0, 0.1) is 0 Å². The third kappa shape index (κ3) is 5.66. The van der Waals surface area contributed by atoms with Gasteiger partial charge in [0.1, 0.15) is 5.75 Å². The van der Waals surface area contributed by atoms with Gasteiger partial charge in [-0.05, 0) is 71.3 Å². The fourth-order valence-corrected chi connectivity index (χ4v) is 5.14. The summed E-state index contributed by atoms with van der Waals surface area (Å²) in [5.74, 6) is -0.701. The predicted molar refractivity (Wildman–Crippen MR) is 166 cm³/mol. The molecule has 6 nitrogen and oxygen atoms in total. The van der Waals surface area contributed by atoms with Crippen LogP contribution >= 0.6 is 11.6 Å². The maximum absolute atomic E-state index is 14.2. The Bertz CT molecular complexity index is 1770. The maximum Gasteiger partial charge on any atom is 0.272 e. The van der Waals surface area contributed by atoms with Crippen LogP contribution in [0.2, 0.25) is 5.02 Å². The highest BCUT2D eigenvalue weighted by atomic mass is 35.5. The van der Waals surface area contributed by atoms with Crippen molar-refractivity contribution in [2.24, 2.45) is 4.99 Å². The summed E-state index contributed by atoms with van der Waals surface area (Å²) in [6, 6.07) is 38.7. The van der Waals surface area contributed by atoms with E-state index in [2.05, 4.69) is 17.4 Å². The van der Waals surface area contributed by atoms with E-state index >= 15 is 0 Å². The van der Waals surface area contributed by atoms with Crippen LogP contribution < -0.4 is 10.2 Å². The van der Waals surface area contributed by atoms with Gasteiger partial charge in [-0.1, -0.05) is 84.4 Å². The third-order valence-corrected chi connectivity index (χ3v) is 7.34. The van der Waals surface area contributed by atoms with Crippen LogP contribution in [-0.4, -0.2) is 28.8 Å². The van der Waals surface area contributed by atoms with Crippen molar-refractivity contribution in [3.8, 4) is 16.9 Å². The topological polar surface area (TPSA) is 82.0 Å². The Morgan fingerprint density at radius 1 is 0.786 bits per heavy atom. The number of carbonyl (C=O) groups is 2. The van der Waals surface area contributed by atoms with E-state index in [4.69, 9.17) is 16.6 Å². The second-order valence-corrected chi connectivity index (χ2v) is 10.4. The number of rotatable bonds is 6. The molecule has 2 N–H and O–H groups in total. The number of phenols is 1. The maximum atomic E-state index is 14.2. The molecular weight excluding hydrogens is 546 g/mol. The van der Waals surface area contributed by atoms with E-state index < -0.39 is 12.1 Å². The van der Waals surface area contributed by atoms with E-state index in [0.29, 0.717) is 33.1 Å². The first-order chi connectivity index (χ1) is 20.5. The summed E-state index contributed by atoms with van der Waals surface area (Å²) in [7, 11) is 0. The summed E-state index contributed by atoms with van der Waals surface area (Å²) in [6.07, 6.45) is -1.21. The number of benzodiazepines with no additional fused rings is 1. The van der Waals surface area contributed by atoms with Gasteiger partial charge in [-0.3, -0.25) is 9.59 Å². The minimum Gasteiger partial charge on any atom is -0.508 e. The normalized spacial score (nSPS) is 14.5.